The zero-order chi connectivity index (χ0) is 22.9. The van der Waals surface area contributed by atoms with Crippen molar-refractivity contribution < 1.29 is 4.42 Å². The fourth-order valence-corrected chi connectivity index (χ4v) is 5.63. The molecule has 6 aromatic rings. The van der Waals surface area contributed by atoms with Crippen molar-refractivity contribution >= 4 is 21.9 Å². The second-order valence-corrected chi connectivity index (χ2v) is 9.82. The van der Waals surface area contributed by atoms with E-state index in [9.17, 15) is 0 Å². The van der Waals surface area contributed by atoms with Crippen molar-refractivity contribution in [3.8, 4) is 33.4 Å². The van der Waals surface area contributed by atoms with Gasteiger partial charge in [-0.25, -0.2) is 0 Å². The van der Waals surface area contributed by atoms with Crippen LogP contribution in [-0.2, 0) is 5.41 Å². The summed E-state index contributed by atoms with van der Waals surface area (Å²) in [7, 11) is 0. The van der Waals surface area contributed by atoms with Crippen molar-refractivity contribution in [3.63, 3.8) is 0 Å². The smallest absolute Gasteiger partial charge is 0.135 e. The van der Waals surface area contributed by atoms with Gasteiger partial charge in [0.25, 0.3) is 0 Å². The van der Waals surface area contributed by atoms with Crippen molar-refractivity contribution in [1.29, 1.82) is 0 Å². The predicted octanol–water partition coefficient (Wildman–Crippen LogP) is 9.23. The lowest BCUT2D eigenvalue weighted by Gasteiger charge is -2.22. The molecule has 0 fully saturated rings. The summed E-state index contributed by atoms with van der Waals surface area (Å²) in [6.07, 6.45) is 0. The quantitative estimate of drug-likeness (QED) is 0.264. The summed E-state index contributed by atoms with van der Waals surface area (Å²) in [6, 6.07) is 39.4. The SMILES string of the molecule is CC1(C)c2cc(-c3ccccc3)ccc2-c2ccc(-c3ccc4oc5ccccc5c4c3)cc21. The van der Waals surface area contributed by atoms with Crippen LogP contribution in [0.1, 0.15) is 25.0 Å². The predicted molar refractivity (Wildman–Crippen MR) is 142 cm³/mol. The maximum atomic E-state index is 6.04. The van der Waals surface area contributed by atoms with Gasteiger partial charge in [-0.05, 0) is 74.8 Å². The fraction of sp³-hybridized carbons (Fsp3) is 0.0909. The number of hydrogen-bond donors (Lipinski definition) is 0. The summed E-state index contributed by atoms with van der Waals surface area (Å²) in [5.41, 5.74) is 12.3. The van der Waals surface area contributed by atoms with Crippen LogP contribution >= 0.6 is 0 Å². The Balaban J connectivity index is 1.35. The van der Waals surface area contributed by atoms with E-state index < -0.39 is 0 Å². The van der Waals surface area contributed by atoms with Crippen LogP contribution < -0.4 is 0 Å². The molecule has 0 saturated carbocycles. The number of benzene rings is 5. The van der Waals surface area contributed by atoms with E-state index in [0.29, 0.717) is 0 Å². The van der Waals surface area contributed by atoms with Crippen molar-refractivity contribution in [2.24, 2.45) is 0 Å². The molecular formula is C33H24O. The first-order valence-corrected chi connectivity index (χ1v) is 11.9. The molecule has 1 nitrogen and oxygen atoms in total. The van der Waals surface area contributed by atoms with Crippen molar-refractivity contribution in [2.75, 3.05) is 0 Å². The molecule has 0 aliphatic heterocycles. The van der Waals surface area contributed by atoms with Gasteiger partial charge in [0.2, 0.25) is 0 Å². The van der Waals surface area contributed by atoms with E-state index in [2.05, 4.69) is 111 Å². The Labute approximate surface area is 199 Å². The van der Waals surface area contributed by atoms with E-state index >= 15 is 0 Å². The van der Waals surface area contributed by atoms with Gasteiger partial charge in [0.1, 0.15) is 11.2 Å². The minimum absolute atomic E-state index is 0.0576. The highest BCUT2D eigenvalue weighted by Gasteiger charge is 2.35. The van der Waals surface area contributed by atoms with E-state index in [4.69, 9.17) is 4.42 Å². The standard InChI is InChI=1S/C33H24O/c1-33(2)29-19-23(21-8-4-3-5-9-21)12-15-25(29)26-16-13-24(20-30(26)33)22-14-17-32-28(18-22)27-10-6-7-11-31(27)34-32/h3-20H,1-2H3. The van der Waals surface area contributed by atoms with Crippen LogP contribution in [0.25, 0.3) is 55.3 Å². The van der Waals surface area contributed by atoms with E-state index in [1.807, 2.05) is 12.1 Å². The molecule has 1 heteroatoms. The molecular weight excluding hydrogens is 412 g/mol. The summed E-state index contributed by atoms with van der Waals surface area (Å²) in [6.45, 7) is 4.70. The number of para-hydroxylation sites is 1. The molecule has 1 aliphatic carbocycles. The Morgan fingerprint density at radius 3 is 1.76 bits per heavy atom. The third-order valence-electron chi connectivity index (χ3n) is 7.49. The Hall–Kier alpha value is -4.10. The molecule has 0 saturated heterocycles. The Morgan fingerprint density at radius 1 is 0.471 bits per heavy atom. The van der Waals surface area contributed by atoms with Gasteiger partial charge in [0.05, 0.1) is 0 Å². The summed E-state index contributed by atoms with van der Waals surface area (Å²) >= 11 is 0. The lowest BCUT2D eigenvalue weighted by atomic mass is 9.81. The largest absolute Gasteiger partial charge is 0.456 e. The van der Waals surface area contributed by atoms with Crippen molar-refractivity contribution in [2.45, 2.75) is 19.3 Å². The van der Waals surface area contributed by atoms with Crippen LogP contribution in [0, 0.1) is 0 Å². The van der Waals surface area contributed by atoms with Crippen LogP contribution in [-0.4, -0.2) is 0 Å². The molecule has 0 unspecified atom stereocenters. The van der Waals surface area contributed by atoms with E-state index in [1.54, 1.807) is 0 Å². The summed E-state index contributed by atoms with van der Waals surface area (Å²) < 4.78 is 6.04. The second-order valence-electron chi connectivity index (χ2n) is 9.82. The number of furan rings is 1. The lowest BCUT2D eigenvalue weighted by molar-refractivity contribution is 0.661. The third-order valence-corrected chi connectivity index (χ3v) is 7.49. The van der Waals surface area contributed by atoms with Crippen LogP contribution in [0.5, 0.6) is 0 Å². The Kier molecular flexibility index (Phi) is 3.96. The molecule has 0 bridgehead atoms. The fourth-order valence-electron chi connectivity index (χ4n) is 5.63. The van der Waals surface area contributed by atoms with Gasteiger partial charge in [0.15, 0.2) is 0 Å². The van der Waals surface area contributed by atoms with Crippen LogP contribution in [0.15, 0.2) is 114 Å². The molecule has 1 aliphatic rings. The maximum Gasteiger partial charge on any atom is 0.135 e. The molecule has 1 aromatic heterocycles. The molecule has 5 aromatic carbocycles. The second kappa shape index (κ2) is 6.95. The van der Waals surface area contributed by atoms with Crippen LogP contribution in [0.2, 0.25) is 0 Å². The highest BCUT2D eigenvalue weighted by atomic mass is 16.3. The minimum atomic E-state index is -0.0576. The van der Waals surface area contributed by atoms with Gasteiger partial charge >= 0.3 is 0 Å². The monoisotopic (exact) mass is 436 g/mol. The highest BCUT2D eigenvalue weighted by molar-refractivity contribution is 6.06. The Morgan fingerprint density at radius 2 is 1.03 bits per heavy atom. The average Bonchev–Trinajstić information content (AvgIpc) is 3.36. The van der Waals surface area contributed by atoms with E-state index in [1.165, 1.54) is 55.3 Å². The molecule has 1 heterocycles. The Bertz CT molecular complexity index is 1720. The molecule has 162 valence electrons. The van der Waals surface area contributed by atoms with Crippen LogP contribution in [0.3, 0.4) is 0 Å². The first-order valence-electron chi connectivity index (χ1n) is 11.9. The summed E-state index contributed by atoms with van der Waals surface area (Å²) in [4.78, 5) is 0. The molecule has 0 spiro atoms. The maximum absolute atomic E-state index is 6.04. The molecule has 0 radical (unpaired) electrons. The third kappa shape index (κ3) is 2.74. The van der Waals surface area contributed by atoms with E-state index in [-0.39, 0.29) is 5.41 Å². The van der Waals surface area contributed by atoms with Gasteiger partial charge in [-0.2, -0.15) is 0 Å². The topological polar surface area (TPSA) is 13.1 Å². The number of hydrogen-bond acceptors (Lipinski definition) is 1. The molecule has 7 rings (SSSR count). The van der Waals surface area contributed by atoms with E-state index in [0.717, 1.165) is 11.2 Å². The normalized spacial score (nSPS) is 13.8. The van der Waals surface area contributed by atoms with Gasteiger partial charge in [-0.3, -0.25) is 0 Å². The van der Waals surface area contributed by atoms with Crippen LogP contribution in [0.4, 0.5) is 0 Å². The van der Waals surface area contributed by atoms with Gasteiger partial charge < -0.3 is 4.42 Å². The zero-order valence-electron chi connectivity index (χ0n) is 19.3. The number of rotatable bonds is 2. The lowest BCUT2D eigenvalue weighted by Crippen LogP contribution is -2.15. The van der Waals surface area contributed by atoms with Crippen molar-refractivity contribution in [3.05, 3.63) is 120 Å². The molecule has 0 atom stereocenters. The number of fused-ring (bicyclic) bond motifs is 6. The van der Waals surface area contributed by atoms with Crippen molar-refractivity contribution in [1.82, 2.24) is 0 Å². The molecule has 0 amide bonds. The molecule has 0 N–H and O–H groups in total. The van der Waals surface area contributed by atoms with Gasteiger partial charge in [-0.15, -0.1) is 0 Å². The minimum Gasteiger partial charge on any atom is -0.456 e. The molecule has 34 heavy (non-hydrogen) atoms. The summed E-state index contributed by atoms with van der Waals surface area (Å²) in [5.74, 6) is 0. The first-order chi connectivity index (χ1) is 16.6. The average molecular weight is 437 g/mol. The van der Waals surface area contributed by atoms with Gasteiger partial charge in [-0.1, -0.05) is 92.7 Å². The first kappa shape index (κ1) is 19.4. The zero-order valence-corrected chi connectivity index (χ0v) is 19.3. The summed E-state index contributed by atoms with van der Waals surface area (Å²) in [5, 5.41) is 2.34. The highest BCUT2D eigenvalue weighted by Crippen LogP contribution is 2.50. The van der Waals surface area contributed by atoms with Gasteiger partial charge in [0, 0.05) is 16.2 Å².